The van der Waals surface area contributed by atoms with Gasteiger partial charge in [0.05, 0.1) is 0 Å². The van der Waals surface area contributed by atoms with Crippen LogP contribution in [-0.2, 0) is 0 Å². The topological polar surface area (TPSA) is 35.9 Å². The van der Waals surface area contributed by atoms with Gasteiger partial charge < -0.3 is 10.7 Å². The molecule has 0 unspecified atom stereocenters. The molecule has 0 aliphatic rings. The molecule has 0 aromatic heterocycles. The first-order chi connectivity index (χ1) is 3.27. The van der Waals surface area contributed by atoms with Crippen molar-refractivity contribution in [2.45, 2.75) is 13.8 Å². The number of hydrogen-bond donors (Lipinski definition) is 2. The van der Waals surface area contributed by atoms with Crippen LogP contribution in [0.25, 0.3) is 0 Å². The summed E-state index contributed by atoms with van der Waals surface area (Å²) in [4.78, 5) is 0. The van der Waals surface area contributed by atoms with Crippen LogP contribution in [0.5, 0.6) is 0 Å². The molecule has 0 bridgehead atoms. The van der Waals surface area contributed by atoms with Crippen LogP contribution in [0.4, 0.5) is 0 Å². The van der Waals surface area contributed by atoms with Gasteiger partial charge in [-0.1, -0.05) is 6.92 Å². The highest BCUT2D eigenvalue weighted by atomic mass is 14.8. The molecule has 42 valence electrons. The van der Waals surface area contributed by atoms with Crippen molar-refractivity contribution in [3.63, 3.8) is 0 Å². The Bertz CT molecular complexity index is 59.1. The van der Waals surface area contributed by atoms with Crippen molar-refractivity contribution in [1.82, 2.24) is 5.32 Å². The molecule has 0 saturated heterocycles. The number of nitrogens with one attached hydrogen (secondary N) is 2. The van der Waals surface area contributed by atoms with Crippen LogP contribution in [0.3, 0.4) is 0 Å². The number of hydrogen-bond acceptors (Lipinski definition) is 2. The molecule has 0 heterocycles. The molecule has 0 spiro atoms. The van der Waals surface area contributed by atoms with Crippen molar-refractivity contribution in [2.75, 3.05) is 13.1 Å². The van der Waals surface area contributed by atoms with Crippen molar-refractivity contribution >= 4 is 5.71 Å². The third-order valence-electron chi connectivity index (χ3n) is 0.640. The Balaban J connectivity index is 2.82. The van der Waals surface area contributed by atoms with Gasteiger partial charge in [-0.05, 0) is 13.5 Å². The summed E-state index contributed by atoms with van der Waals surface area (Å²) in [6.07, 6.45) is 0. The molecule has 0 atom stereocenters. The summed E-state index contributed by atoms with van der Waals surface area (Å²) in [5.41, 5.74) is 0.696. The third-order valence-corrected chi connectivity index (χ3v) is 0.640. The first-order valence-electron chi connectivity index (χ1n) is 2.52. The minimum Gasteiger partial charge on any atom is -0.312 e. The highest BCUT2D eigenvalue weighted by Crippen LogP contribution is 1.62. The maximum atomic E-state index is 6.94. The molecular formula is C5H12N2. The van der Waals surface area contributed by atoms with Crippen LogP contribution in [-0.4, -0.2) is 18.8 Å². The quantitative estimate of drug-likeness (QED) is 0.501. The Morgan fingerprint density at radius 2 is 2.29 bits per heavy atom. The van der Waals surface area contributed by atoms with Crippen LogP contribution in [0.2, 0.25) is 0 Å². The smallest absolute Gasteiger partial charge is 0.0329 e. The predicted octanol–water partition coefficient (Wildman–Crippen LogP) is 0.636. The zero-order chi connectivity index (χ0) is 5.70. The van der Waals surface area contributed by atoms with Gasteiger partial charge in [-0.3, -0.25) is 0 Å². The second-order valence-electron chi connectivity index (χ2n) is 1.56. The van der Waals surface area contributed by atoms with Crippen LogP contribution in [0.15, 0.2) is 0 Å². The Morgan fingerprint density at radius 3 is 2.43 bits per heavy atom. The van der Waals surface area contributed by atoms with E-state index in [9.17, 15) is 0 Å². The fourth-order valence-corrected chi connectivity index (χ4v) is 0.312. The first-order valence-corrected chi connectivity index (χ1v) is 2.52. The Morgan fingerprint density at radius 1 is 1.71 bits per heavy atom. The lowest BCUT2D eigenvalue weighted by molar-refractivity contribution is 0.813. The molecule has 0 radical (unpaired) electrons. The van der Waals surface area contributed by atoms with Crippen molar-refractivity contribution in [2.24, 2.45) is 0 Å². The Hall–Kier alpha value is -0.370. The van der Waals surface area contributed by atoms with Crippen LogP contribution >= 0.6 is 0 Å². The fraction of sp³-hybridized carbons (Fsp3) is 0.800. The van der Waals surface area contributed by atoms with E-state index in [1.54, 1.807) is 6.92 Å². The van der Waals surface area contributed by atoms with Crippen molar-refractivity contribution in [1.29, 1.82) is 5.41 Å². The third kappa shape index (κ3) is 5.63. The number of rotatable bonds is 3. The molecule has 0 saturated carbocycles. The van der Waals surface area contributed by atoms with E-state index in [-0.39, 0.29) is 0 Å². The summed E-state index contributed by atoms with van der Waals surface area (Å²) in [7, 11) is 0. The minimum atomic E-state index is 0.696. The molecule has 0 aliphatic heterocycles. The molecule has 7 heavy (non-hydrogen) atoms. The Kier molecular flexibility index (Phi) is 3.61. The lowest BCUT2D eigenvalue weighted by Crippen LogP contribution is -2.19. The van der Waals surface area contributed by atoms with Gasteiger partial charge in [0.15, 0.2) is 0 Å². The normalized spacial score (nSPS) is 8.86. The van der Waals surface area contributed by atoms with E-state index in [1.807, 2.05) is 6.92 Å². The summed E-state index contributed by atoms with van der Waals surface area (Å²) in [5, 5.41) is 9.96. The van der Waals surface area contributed by atoms with Crippen LogP contribution < -0.4 is 5.32 Å². The van der Waals surface area contributed by atoms with Crippen LogP contribution in [0.1, 0.15) is 13.8 Å². The molecule has 0 amide bonds. The van der Waals surface area contributed by atoms with E-state index in [0.29, 0.717) is 5.71 Å². The summed E-state index contributed by atoms with van der Waals surface area (Å²) >= 11 is 0. The average Bonchev–Trinajstić information content (AvgIpc) is 1.61. The van der Waals surface area contributed by atoms with Crippen molar-refractivity contribution in [3.8, 4) is 0 Å². The van der Waals surface area contributed by atoms with Gasteiger partial charge in [-0.2, -0.15) is 0 Å². The van der Waals surface area contributed by atoms with E-state index in [4.69, 9.17) is 5.41 Å². The highest BCUT2D eigenvalue weighted by Gasteiger charge is 1.80. The van der Waals surface area contributed by atoms with Gasteiger partial charge >= 0.3 is 0 Å². The summed E-state index contributed by atoms with van der Waals surface area (Å²) in [6.45, 7) is 5.51. The van der Waals surface area contributed by atoms with Gasteiger partial charge in [-0.25, -0.2) is 0 Å². The van der Waals surface area contributed by atoms with Crippen LogP contribution in [0, 0.1) is 5.41 Å². The summed E-state index contributed by atoms with van der Waals surface area (Å²) in [5.74, 6) is 0. The maximum absolute atomic E-state index is 6.94. The van der Waals surface area contributed by atoms with Gasteiger partial charge in [0, 0.05) is 12.3 Å². The summed E-state index contributed by atoms with van der Waals surface area (Å²) in [6, 6.07) is 0. The first kappa shape index (κ1) is 6.63. The largest absolute Gasteiger partial charge is 0.312 e. The SMILES string of the molecule is CCNCC(C)=N. The maximum Gasteiger partial charge on any atom is 0.0329 e. The zero-order valence-corrected chi connectivity index (χ0v) is 4.91. The minimum absolute atomic E-state index is 0.696. The van der Waals surface area contributed by atoms with E-state index >= 15 is 0 Å². The zero-order valence-electron chi connectivity index (χ0n) is 4.91. The van der Waals surface area contributed by atoms with E-state index in [0.717, 1.165) is 13.1 Å². The van der Waals surface area contributed by atoms with Gasteiger partial charge in [0.2, 0.25) is 0 Å². The molecule has 2 nitrogen and oxygen atoms in total. The van der Waals surface area contributed by atoms with Crippen molar-refractivity contribution in [3.05, 3.63) is 0 Å². The molecule has 0 aromatic carbocycles. The molecular weight excluding hydrogens is 88.1 g/mol. The Labute approximate surface area is 44.4 Å². The fourth-order valence-electron chi connectivity index (χ4n) is 0.312. The molecule has 0 aromatic rings. The summed E-state index contributed by atoms with van der Waals surface area (Å²) < 4.78 is 0. The van der Waals surface area contributed by atoms with Gasteiger partial charge in [-0.15, -0.1) is 0 Å². The van der Waals surface area contributed by atoms with Gasteiger partial charge in [0.1, 0.15) is 0 Å². The lowest BCUT2D eigenvalue weighted by Gasteiger charge is -1.94. The molecule has 2 heteroatoms. The molecule has 2 N–H and O–H groups in total. The highest BCUT2D eigenvalue weighted by molar-refractivity contribution is 5.80. The monoisotopic (exact) mass is 100 g/mol. The second-order valence-corrected chi connectivity index (χ2v) is 1.56. The second kappa shape index (κ2) is 3.81. The lowest BCUT2D eigenvalue weighted by atomic mass is 10.4. The molecule has 0 rings (SSSR count). The van der Waals surface area contributed by atoms with Crippen molar-refractivity contribution < 1.29 is 0 Å². The molecule has 0 fully saturated rings. The standard InChI is InChI=1S/C5H12N2/c1-3-7-4-5(2)6/h6-7H,3-4H2,1-2H3. The average molecular weight is 100 g/mol. The van der Waals surface area contributed by atoms with E-state index in [1.165, 1.54) is 0 Å². The predicted molar refractivity (Wildman–Crippen MR) is 31.9 cm³/mol. The van der Waals surface area contributed by atoms with E-state index in [2.05, 4.69) is 5.32 Å². The molecule has 0 aliphatic carbocycles. The van der Waals surface area contributed by atoms with Gasteiger partial charge in [0.25, 0.3) is 0 Å². The van der Waals surface area contributed by atoms with E-state index < -0.39 is 0 Å².